The Kier molecular flexibility index (Phi) is 19.3. The molecule has 0 saturated heterocycles. The molecule has 0 amide bonds. The second-order valence-corrected chi connectivity index (χ2v) is 4.64. The molecule has 6 heteroatoms. The van der Waals surface area contributed by atoms with Crippen LogP contribution in [0.1, 0.15) is 25.7 Å². The van der Waals surface area contributed by atoms with Crippen molar-refractivity contribution in [2.24, 2.45) is 4.99 Å². The maximum absolute atomic E-state index is 5.42. The predicted molar refractivity (Wildman–Crippen MR) is 101 cm³/mol. The van der Waals surface area contributed by atoms with Crippen molar-refractivity contribution in [1.29, 1.82) is 0 Å². The van der Waals surface area contributed by atoms with Gasteiger partial charge in [-0.25, -0.2) is 0 Å². The molecule has 0 aromatic heterocycles. The minimum absolute atomic E-state index is 0. The number of nitrogens with zero attached hydrogens (tertiary/aromatic N) is 2. The first-order valence-corrected chi connectivity index (χ1v) is 7.35. The average Bonchev–Trinajstić information content (AvgIpc) is 2.46. The van der Waals surface area contributed by atoms with Crippen LogP contribution in [0.25, 0.3) is 0 Å². The maximum Gasteiger partial charge on any atom is 0.193 e. The van der Waals surface area contributed by atoms with Crippen molar-refractivity contribution in [3.8, 4) is 0 Å². The molecule has 5 nitrogen and oxygen atoms in total. The number of guanidine groups is 1. The molecule has 0 saturated carbocycles. The van der Waals surface area contributed by atoms with Gasteiger partial charge in [0, 0.05) is 40.9 Å². The maximum atomic E-state index is 5.42. The van der Waals surface area contributed by atoms with Gasteiger partial charge in [-0.15, -0.1) is 30.6 Å². The fraction of sp³-hybridized carbons (Fsp3) is 0.800. The standard InChI is InChI=1S/C15H31N3O2.HI/c1-5-6-8-11-18(3)15(16-2)17-10-7-9-12-20-14-13-19-4;/h5H,1,6-14H2,2-4H3,(H,16,17);1H. The molecule has 0 unspecified atom stereocenters. The topological polar surface area (TPSA) is 46.1 Å². The lowest BCUT2D eigenvalue weighted by Crippen LogP contribution is -2.39. The van der Waals surface area contributed by atoms with E-state index in [1.54, 1.807) is 7.11 Å². The summed E-state index contributed by atoms with van der Waals surface area (Å²) >= 11 is 0. The fourth-order valence-corrected chi connectivity index (χ4v) is 1.74. The summed E-state index contributed by atoms with van der Waals surface area (Å²) in [5.74, 6) is 0.953. The Balaban J connectivity index is 0. The number of hydrogen-bond donors (Lipinski definition) is 1. The van der Waals surface area contributed by atoms with E-state index in [0.29, 0.717) is 13.2 Å². The molecule has 0 rings (SSSR count). The molecule has 0 aliphatic rings. The van der Waals surface area contributed by atoms with Gasteiger partial charge in [0.15, 0.2) is 5.96 Å². The lowest BCUT2D eigenvalue weighted by atomic mass is 10.3. The first-order chi connectivity index (χ1) is 9.76. The minimum Gasteiger partial charge on any atom is -0.382 e. The molecule has 0 heterocycles. The molecule has 0 aromatic carbocycles. The van der Waals surface area contributed by atoms with Crippen molar-refractivity contribution in [3.63, 3.8) is 0 Å². The average molecular weight is 413 g/mol. The number of ether oxygens (including phenoxy) is 2. The van der Waals surface area contributed by atoms with Crippen LogP contribution in [0, 0.1) is 0 Å². The first kappa shape index (κ1) is 22.9. The number of aliphatic imine (C=N–C) groups is 1. The molecule has 0 spiro atoms. The number of rotatable bonds is 12. The molecule has 0 atom stereocenters. The molecule has 21 heavy (non-hydrogen) atoms. The second-order valence-electron chi connectivity index (χ2n) is 4.64. The molecule has 0 bridgehead atoms. The second kappa shape index (κ2) is 17.7. The van der Waals surface area contributed by atoms with Crippen molar-refractivity contribution < 1.29 is 9.47 Å². The van der Waals surface area contributed by atoms with E-state index in [4.69, 9.17) is 9.47 Å². The van der Waals surface area contributed by atoms with Crippen LogP contribution in [0.15, 0.2) is 17.6 Å². The lowest BCUT2D eigenvalue weighted by Gasteiger charge is -2.21. The van der Waals surface area contributed by atoms with Gasteiger partial charge in [-0.1, -0.05) is 6.08 Å². The monoisotopic (exact) mass is 413 g/mol. The highest BCUT2D eigenvalue weighted by Crippen LogP contribution is 1.95. The van der Waals surface area contributed by atoms with E-state index in [-0.39, 0.29) is 24.0 Å². The van der Waals surface area contributed by atoms with Crippen molar-refractivity contribution in [1.82, 2.24) is 10.2 Å². The molecule has 0 aliphatic heterocycles. The van der Waals surface area contributed by atoms with Crippen molar-refractivity contribution in [2.45, 2.75) is 25.7 Å². The normalized spacial score (nSPS) is 10.9. The third-order valence-corrected chi connectivity index (χ3v) is 2.91. The molecule has 0 aromatic rings. The number of allylic oxidation sites excluding steroid dienone is 1. The third kappa shape index (κ3) is 14.4. The molecule has 1 N–H and O–H groups in total. The van der Waals surface area contributed by atoms with Gasteiger partial charge in [0.25, 0.3) is 0 Å². The van der Waals surface area contributed by atoms with Gasteiger partial charge in [-0.3, -0.25) is 4.99 Å². The summed E-state index contributed by atoms with van der Waals surface area (Å²) in [5, 5.41) is 3.37. The quantitative estimate of drug-likeness (QED) is 0.176. The predicted octanol–water partition coefficient (Wildman–Crippen LogP) is 2.52. The highest BCUT2D eigenvalue weighted by Gasteiger charge is 2.03. The highest BCUT2D eigenvalue weighted by molar-refractivity contribution is 14.0. The molecule has 0 fully saturated rings. The van der Waals surface area contributed by atoms with Crippen LogP contribution >= 0.6 is 24.0 Å². The van der Waals surface area contributed by atoms with Crippen LogP contribution in [-0.2, 0) is 9.47 Å². The summed E-state index contributed by atoms with van der Waals surface area (Å²) in [5.41, 5.74) is 0. The van der Waals surface area contributed by atoms with Gasteiger partial charge in [0.05, 0.1) is 13.2 Å². The SMILES string of the molecule is C=CCCCN(C)C(=NC)NCCCCOCCOC.I. The number of methoxy groups -OCH3 is 1. The van der Waals surface area contributed by atoms with E-state index in [2.05, 4.69) is 28.8 Å². The van der Waals surface area contributed by atoms with Crippen molar-refractivity contribution in [3.05, 3.63) is 12.7 Å². The Morgan fingerprint density at radius 3 is 2.62 bits per heavy atom. The number of unbranched alkanes of at least 4 members (excludes halogenated alkanes) is 2. The zero-order valence-electron chi connectivity index (χ0n) is 13.8. The van der Waals surface area contributed by atoms with Gasteiger partial charge in [0.2, 0.25) is 0 Å². The van der Waals surface area contributed by atoms with Crippen LogP contribution in [0.3, 0.4) is 0 Å². The van der Waals surface area contributed by atoms with Gasteiger partial charge in [-0.05, 0) is 25.7 Å². The van der Waals surface area contributed by atoms with Gasteiger partial charge in [-0.2, -0.15) is 0 Å². The fourth-order valence-electron chi connectivity index (χ4n) is 1.74. The highest BCUT2D eigenvalue weighted by atomic mass is 127. The summed E-state index contributed by atoms with van der Waals surface area (Å²) in [4.78, 5) is 6.43. The number of halogens is 1. The summed E-state index contributed by atoms with van der Waals surface area (Å²) in [6.07, 6.45) is 6.22. The minimum atomic E-state index is 0. The number of nitrogens with one attached hydrogen (secondary N) is 1. The van der Waals surface area contributed by atoms with E-state index < -0.39 is 0 Å². The van der Waals surface area contributed by atoms with Gasteiger partial charge in [0.1, 0.15) is 0 Å². The Morgan fingerprint density at radius 2 is 2.00 bits per heavy atom. The zero-order chi connectivity index (χ0) is 15.1. The van der Waals surface area contributed by atoms with Crippen molar-refractivity contribution >= 4 is 29.9 Å². The van der Waals surface area contributed by atoms with Gasteiger partial charge < -0.3 is 19.7 Å². The summed E-state index contributed by atoms with van der Waals surface area (Å²) in [6.45, 7) is 7.79. The molecular weight excluding hydrogens is 381 g/mol. The zero-order valence-corrected chi connectivity index (χ0v) is 16.1. The van der Waals surface area contributed by atoms with Crippen molar-refractivity contribution in [2.75, 3.05) is 54.1 Å². The smallest absolute Gasteiger partial charge is 0.193 e. The molecule has 126 valence electrons. The van der Waals surface area contributed by atoms with E-state index in [1.165, 1.54) is 0 Å². The molecular formula is C15H32IN3O2. The Labute approximate surface area is 147 Å². The van der Waals surface area contributed by atoms with Crippen LogP contribution in [0.5, 0.6) is 0 Å². The lowest BCUT2D eigenvalue weighted by molar-refractivity contribution is 0.0689. The summed E-state index contributed by atoms with van der Waals surface area (Å²) < 4.78 is 10.3. The van der Waals surface area contributed by atoms with Crippen LogP contribution in [0.4, 0.5) is 0 Å². The Hall–Kier alpha value is -0.340. The van der Waals surface area contributed by atoms with E-state index in [0.717, 1.165) is 51.3 Å². The van der Waals surface area contributed by atoms with E-state index >= 15 is 0 Å². The Bertz CT molecular complexity index is 263. The first-order valence-electron chi connectivity index (χ1n) is 7.35. The van der Waals surface area contributed by atoms with E-state index in [9.17, 15) is 0 Å². The summed E-state index contributed by atoms with van der Waals surface area (Å²) in [6, 6.07) is 0. The van der Waals surface area contributed by atoms with E-state index in [1.807, 2.05) is 13.1 Å². The van der Waals surface area contributed by atoms with Crippen LogP contribution < -0.4 is 5.32 Å². The largest absolute Gasteiger partial charge is 0.382 e. The van der Waals surface area contributed by atoms with Crippen LogP contribution in [-0.4, -0.2) is 65.0 Å². The van der Waals surface area contributed by atoms with Crippen LogP contribution in [0.2, 0.25) is 0 Å². The summed E-state index contributed by atoms with van der Waals surface area (Å²) in [7, 11) is 5.57. The van der Waals surface area contributed by atoms with Gasteiger partial charge >= 0.3 is 0 Å². The third-order valence-electron chi connectivity index (χ3n) is 2.91. The number of hydrogen-bond acceptors (Lipinski definition) is 3. The Morgan fingerprint density at radius 1 is 1.24 bits per heavy atom. The molecule has 0 aliphatic carbocycles. The molecule has 0 radical (unpaired) electrons.